The molecule has 0 aliphatic carbocycles. The van der Waals surface area contributed by atoms with Crippen LogP contribution >= 0.6 is 11.8 Å². The van der Waals surface area contributed by atoms with Crippen molar-refractivity contribution in [3.8, 4) is 0 Å². The molecule has 7 heteroatoms. The number of hydrogen-bond acceptors (Lipinski definition) is 5. The molecule has 1 N–H and O–H groups in total. The molecule has 0 atom stereocenters. The fourth-order valence-corrected chi connectivity index (χ4v) is 3.98. The summed E-state index contributed by atoms with van der Waals surface area (Å²) in [6.45, 7) is 6.82. The second-order valence-corrected chi connectivity index (χ2v) is 8.34. The Morgan fingerprint density at radius 3 is 2.63 bits per heavy atom. The van der Waals surface area contributed by atoms with Crippen molar-refractivity contribution in [2.75, 3.05) is 17.7 Å². The van der Waals surface area contributed by atoms with Crippen LogP contribution in [0.4, 0.5) is 5.69 Å². The third kappa shape index (κ3) is 5.63. The van der Waals surface area contributed by atoms with Crippen LogP contribution in [0, 0.1) is 5.92 Å². The van der Waals surface area contributed by atoms with Crippen molar-refractivity contribution >= 4 is 40.4 Å². The van der Waals surface area contributed by atoms with Crippen molar-refractivity contribution in [1.82, 2.24) is 9.55 Å². The van der Waals surface area contributed by atoms with Gasteiger partial charge in [-0.25, -0.2) is 4.98 Å². The second kappa shape index (κ2) is 10.3. The fourth-order valence-electron chi connectivity index (χ4n) is 3.15. The van der Waals surface area contributed by atoms with E-state index in [4.69, 9.17) is 4.74 Å². The molecule has 1 heterocycles. The molecule has 0 radical (unpaired) electrons. The van der Waals surface area contributed by atoms with E-state index in [2.05, 4.69) is 28.7 Å². The van der Waals surface area contributed by atoms with E-state index in [1.807, 2.05) is 55.5 Å². The molecule has 6 nitrogen and oxygen atoms in total. The average Bonchev–Trinajstić information content (AvgIpc) is 3.08. The number of amides is 1. The summed E-state index contributed by atoms with van der Waals surface area (Å²) in [5.41, 5.74) is 3.74. The quantitative estimate of drug-likeness (QED) is 0.403. The molecule has 0 bridgehead atoms. The molecule has 0 saturated heterocycles. The summed E-state index contributed by atoms with van der Waals surface area (Å²) in [6, 6.07) is 15.5. The lowest BCUT2D eigenvalue weighted by Crippen LogP contribution is -2.22. The van der Waals surface area contributed by atoms with Gasteiger partial charge >= 0.3 is 5.97 Å². The minimum atomic E-state index is -0.443. The van der Waals surface area contributed by atoms with Crippen LogP contribution in [-0.2, 0) is 27.3 Å². The zero-order valence-corrected chi connectivity index (χ0v) is 18.4. The number of carbonyl (C=O) groups excluding carboxylic acids is 2. The van der Waals surface area contributed by atoms with Gasteiger partial charge in [-0.3, -0.25) is 9.59 Å². The van der Waals surface area contributed by atoms with Crippen LogP contribution in [-0.4, -0.2) is 33.8 Å². The van der Waals surface area contributed by atoms with Gasteiger partial charge in [0, 0.05) is 12.2 Å². The number of aromatic nitrogens is 2. The number of para-hydroxylation sites is 3. The van der Waals surface area contributed by atoms with E-state index in [1.54, 1.807) is 0 Å². The first-order valence-corrected chi connectivity index (χ1v) is 11.1. The smallest absolute Gasteiger partial charge is 0.316 e. The highest BCUT2D eigenvalue weighted by Gasteiger charge is 2.15. The minimum absolute atomic E-state index is 0.0975. The van der Waals surface area contributed by atoms with Crippen molar-refractivity contribution in [2.45, 2.75) is 38.9 Å². The Bertz CT molecular complexity index is 1030. The van der Waals surface area contributed by atoms with Crippen LogP contribution < -0.4 is 5.32 Å². The van der Waals surface area contributed by atoms with Crippen molar-refractivity contribution in [2.24, 2.45) is 5.92 Å². The topological polar surface area (TPSA) is 73.2 Å². The molecule has 0 unspecified atom stereocenters. The number of ether oxygens (including phenoxy) is 1. The first-order valence-electron chi connectivity index (χ1n) is 10.1. The number of imidazole rings is 1. The Hall–Kier alpha value is -2.80. The van der Waals surface area contributed by atoms with E-state index < -0.39 is 5.97 Å². The van der Waals surface area contributed by atoms with Crippen molar-refractivity contribution in [3.63, 3.8) is 0 Å². The number of hydrogen-bond donors (Lipinski definition) is 1. The van der Waals surface area contributed by atoms with Crippen molar-refractivity contribution in [1.29, 1.82) is 0 Å². The maximum atomic E-state index is 12.2. The summed E-state index contributed by atoms with van der Waals surface area (Å²) in [7, 11) is 0. The molecular weight excluding hydrogens is 398 g/mol. The summed E-state index contributed by atoms with van der Waals surface area (Å²) in [6.07, 6.45) is 0.810. The summed E-state index contributed by atoms with van der Waals surface area (Å²) in [5, 5.41) is 3.58. The molecule has 30 heavy (non-hydrogen) atoms. The molecule has 2 aromatic carbocycles. The van der Waals surface area contributed by atoms with E-state index in [9.17, 15) is 9.59 Å². The van der Waals surface area contributed by atoms with Gasteiger partial charge in [0.1, 0.15) is 0 Å². The zero-order chi connectivity index (χ0) is 21.5. The molecule has 0 spiro atoms. The first kappa shape index (κ1) is 21.9. The Labute approximate surface area is 181 Å². The van der Waals surface area contributed by atoms with Crippen LogP contribution in [0.1, 0.15) is 26.3 Å². The third-order valence-corrected chi connectivity index (χ3v) is 5.47. The standard InChI is InChI=1S/C23H27N3O3S/c1-4-17-9-5-6-10-18(17)24-21(27)14-29-22(28)15-30-23-25-19-11-7-8-12-20(19)26(23)13-16(2)3/h5-12,16H,4,13-15H2,1-3H3,(H,24,27). The molecule has 1 amide bonds. The summed E-state index contributed by atoms with van der Waals surface area (Å²) in [5.74, 6) is -0.243. The number of rotatable bonds is 9. The van der Waals surface area contributed by atoms with Crippen LogP contribution in [0.2, 0.25) is 0 Å². The molecule has 3 aromatic rings. The highest BCUT2D eigenvalue weighted by molar-refractivity contribution is 7.99. The lowest BCUT2D eigenvalue weighted by atomic mass is 10.1. The predicted molar refractivity (Wildman–Crippen MR) is 121 cm³/mol. The number of fused-ring (bicyclic) bond motifs is 1. The van der Waals surface area contributed by atoms with Crippen LogP contribution in [0.25, 0.3) is 11.0 Å². The van der Waals surface area contributed by atoms with Crippen LogP contribution in [0.5, 0.6) is 0 Å². The van der Waals surface area contributed by atoms with E-state index >= 15 is 0 Å². The number of nitrogens with zero attached hydrogens (tertiary/aromatic N) is 2. The molecule has 3 rings (SSSR count). The Kier molecular flexibility index (Phi) is 7.52. The number of aryl methyl sites for hydroxylation is 1. The van der Waals surface area contributed by atoms with Crippen LogP contribution in [0.15, 0.2) is 53.7 Å². The Morgan fingerprint density at radius 1 is 1.13 bits per heavy atom. The maximum absolute atomic E-state index is 12.2. The summed E-state index contributed by atoms with van der Waals surface area (Å²) < 4.78 is 7.29. The zero-order valence-electron chi connectivity index (χ0n) is 17.6. The van der Waals surface area contributed by atoms with E-state index in [0.29, 0.717) is 5.92 Å². The van der Waals surface area contributed by atoms with Gasteiger partial charge in [0.05, 0.1) is 16.8 Å². The molecule has 158 valence electrons. The largest absolute Gasteiger partial charge is 0.455 e. The van der Waals surface area contributed by atoms with Crippen LogP contribution in [0.3, 0.4) is 0 Å². The van der Waals surface area contributed by atoms with Crippen molar-refractivity contribution < 1.29 is 14.3 Å². The average molecular weight is 426 g/mol. The fraction of sp³-hybridized carbons (Fsp3) is 0.348. The van der Waals surface area contributed by atoms with Gasteiger partial charge in [0.2, 0.25) is 0 Å². The van der Waals surface area contributed by atoms with Gasteiger partial charge in [-0.05, 0) is 36.1 Å². The summed E-state index contributed by atoms with van der Waals surface area (Å²) in [4.78, 5) is 29.0. The lowest BCUT2D eigenvalue weighted by molar-refractivity contribution is -0.144. The SMILES string of the molecule is CCc1ccccc1NC(=O)COC(=O)CSc1nc2ccccc2n1CC(C)C. The van der Waals surface area contributed by atoms with Gasteiger partial charge in [-0.2, -0.15) is 0 Å². The number of thioether (sulfide) groups is 1. The van der Waals surface area contributed by atoms with E-state index in [1.165, 1.54) is 11.8 Å². The Balaban J connectivity index is 1.55. The first-order chi connectivity index (χ1) is 14.5. The maximum Gasteiger partial charge on any atom is 0.316 e. The molecular formula is C23H27N3O3S. The van der Waals surface area contributed by atoms with E-state index in [-0.39, 0.29) is 18.3 Å². The molecule has 0 aliphatic rings. The van der Waals surface area contributed by atoms with Gasteiger partial charge in [-0.15, -0.1) is 0 Å². The van der Waals surface area contributed by atoms with Crippen molar-refractivity contribution in [3.05, 3.63) is 54.1 Å². The molecule has 0 saturated carbocycles. The third-order valence-electron chi connectivity index (χ3n) is 4.52. The molecule has 1 aromatic heterocycles. The highest BCUT2D eigenvalue weighted by atomic mass is 32.2. The number of nitrogens with one attached hydrogen (secondary N) is 1. The summed E-state index contributed by atoms with van der Waals surface area (Å²) >= 11 is 1.33. The van der Waals surface area contributed by atoms with Gasteiger partial charge in [-0.1, -0.05) is 62.9 Å². The molecule has 0 fully saturated rings. The van der Waals surface area contributed by atoms with Gasteiger partial charge < -0.3 is 14.6 Å². The number of esters is 1. The predicted octanol–water partition coefficient (Wildman–Crippen LogP) is 4.53. The number of benzene rings is 2. The van der Waals surface area contributed by atoms with Gasteiger partial charge in [0.15, 0.2) is 11.8 Å². The minimum Gasteiger partial charge on any atom is -0.455 e. The highest BCUT2D eigenvalue weighted by Crippen LogP contribution is 2.25. The Morgan fingerprint density at radius 2 is 1.87 bits per heavy atom. The normalized spacial score (nSPS) is 11.1. The number of carbonyl (C=O) groups is 2. The van der Waals surface area contributed by atoms with Gasteiger partial charge in [0.25, 0.3) is 5.91 Å². The molecule has 0 aliphatic heterocycles. The second-order valence-electron chi connectivity index (χ2n) is 7.40. The lowest BCUT2D eigenvalue weighted by Gasteiger charge is -2.11. The number of anilines is 1. The van der Waals surface area contributed by atoms with E-state index in [0.717, 1.165) is 40.4 Å². The monoisotopic (exact) mass is 425 g/mol.